The van der Waals surface area contributed by atoms with E-state index in [1.165, 1.54) is 56.2 Å². The van der Waals surface area contributed by atoms with Crippen LogP contribution >= 0.6 is 0 Å². The first-order valence-electron chi connectivity index (χ1n) is 8.25. The van der Waals surface area contributed by atoms with Crippen molar-refractivity contribution < 1.29 is 0 Å². The van der Waals surface area contributed by atoms with Crippen molar-refractivity contribution in [2.45, 2.75) is 57.5 Å². The van der Waals surface area contributed by atoms with Crippen LogP contribution in [0, 0.1) is 0 Å². The largest absolute Gasteiger partial charge is 0.310 e. The summed E-state index contributed by atoms with van der Waals surface area (Å²) in [6, 6.07) is 11.2. The summed E-state index contributed by atoms with van der Waals surface area (Å²) in [5.41, 5.74) is 2.50. The van der Waals surface area contributed by atoms with Crippen LogP contribution in [0.4, 0.5) is 0 Å². The Morgan fingerprint density at radius 3 is 2.52 bits per heavy atom. The molecular weight excluding hydrogens is 258 g/mol. The fourth-order valence-electron chi connectivity index (χ4n) is 3.21. The van der Waals surface area contributed by atoms with Gasteiger partial charge in [0.1, 0.15) is 0 Å². The van der Waals surface area contributed by atoms with E-state index in [-0.39, 0.29) is 0 Å². The minimum absolute atomic E-state index is 0.677. The van der Waals surface area contributed by atoms with E-state index >= 15 is 0 Å². The van der Waals surface area contributed by atoms with E-state index < -0.39 is 0 Å². The summed E-state index contributed by atoms with van der Waals surface area (Å²) in [6.07, 6.45) is 13.5. The van der Waals surface area contributed by atoms with Crippen molar-refractivity contribution in [1.29, 1.82) is 0 Å². The van der Waals surface area contributed by atoms with E-state index in [2.05, 4.69) is 34.7 Å². The van der Waals surface area contributed by atoms with Gasteiger partial charge in [0, 0.05) is 25.0 Å². The molecule has 21 heavy (non-hydrogen) atoms. The standard InChI is InChI=1S/C18H25N3/c1-2-4-10-17(11-5-3-1)19-15-16-9-6-7-12-18(16)21-14-8-13-20-21/h6-9,12-14,17,19H,1-5,10-11,15H2. The number of para-hydroxylation sites is 1. The van der Waals surface area contributed by atoms with Crippen LogP contribution in [0.1, 0.15) is 50.5 Å². The first-order valence-corrected chi connectivity index (χ1v) is 8.25. The number of nitrogens with one attached hydrogen (secondary N) is 1. The third-order valence-corrected chi connectivity index (χ3v) is 4.43. The smallest absolute Gasteiger partial charge is 0.0690 e. The quantitative estimate of drug-likeness (QED) is 0.916. The van der Waals surface area contributed by atoms with Gasteiger partial charge >= 0.3 is 0 Å². The van der Waals surface area contributed by atoms with E-state index in [1.807, 2.05) is 23.1 Å². The molecule has 1 aromatic heterocycles. The van der Waals surface area contributed by atoms with Gasteiger partial charge in [-0.1, -0.05) is 50.3 Å². The lowest BCUT2D eigenvalue weighted by Gasteiger charge is -2.21. The van der Waals surface area contributed by atoms with Crippen LogP contribution in [-0.2, 0) is 6.54 Å². The van der Waals surface area contributed by atoms with E-state index in [0.29, 0.717) is 6.04 Å². The lowest BCUT2D eigenvalue weighted by Crippen LogP contribution is -2.29. The molecule has 0 atom stereocenters. The molecule has 1 heterocycles. The number of hydrogen-bond acceptors (Lipinski definition) is 2. The Kier molecular flexibility index (Phi) is 5.06. The van der Waals surface area contributed by atoms with Crippen LogP contribution in [0.5, 0.6) is 0 Å². The molecule has 0 saturated heterocycles. The van der Waals surface area contributed by atoms with Crippen LogP contribution in [0.25, 0.3) is 5.69 Å². The van der Waals surface area contributed by atoms with E-state index in [0.717, 1.165) is 6.54 Å². The van der Waals surface area contributed by atoms with Crippen LogP contribution < -0.4 is 5.32 Å². The molecule has 1 aliphatic rings. The molecule has 112 valence electrons. The van der Waals surface area contributed by atoms with Gasteiger partial charge in [-0.25, -0.2) is 4.68 Å². The normalized spacial score (nSPS) is 17.3. The van der Waals surface area contributed by atoms with Gasteiger partial charge in [-0.15, -0.1) is 0 Å². The highest BCUT2D eigenvalue weighted by Crippen LogP contribution is 2.19. The van der Waals surface area contributed by atoms with Gasteiger partial charge in [0.25, 0.3) is 0 Å². The lowest BCUT2D eigenvalue weighted by atomic mass is 9.96. The predicted octanol–water partition coefficient (Wildman–Crippen LogP) is 4.07. The SMILES string of the molecule is c1ccc(-n2cccn2)c(CNC2CCCCCCC2)c1. The molecule has 1 fully saturated rings. The van der Waals surface area contributed by atoms with Crippen molar-refractivity contribution in [2.75, 3.05) is 0 Å². The summed E-state index contributed by atoms with van der Waals surface area (Å²) in [5, 5.41) is 8.13. The Bertz CT molecular complexity index is 525. The molecule has 1 saturated carbocycles. The van der Waals surface area contributed by atoms with Gasteiger partial charge in [-0.3, -0.25) is 0 Å². The molecule has 1 aliphatic carbocycles. The maximum atomic E-state index is 4.36. The average Bonchev–Trinajstić information content (AvgIpc) is 3.00. The third kappa shape index (κ3) is 3.94. The first-order chi connectivity index (χ1) is 10.4. The van der Waals surface area contributed by atoms with Gasteiger partial charge in [0.2, 0.25) is 0 Å². The van der Waals surface area contributed by atoms with Crippen molar-refractivity contribution in [3.8, 4) is 5.69 Å². The molecule has 0 spiro atoms. The van der Waals surface area contributed by atoms with Gasteiger partial charge in [-0.05, 0) is 30.5 Å². The van der Waals surface area contributed by atoms with Crippen LogP contribution in [-0.4, -0.2) is 15.8 Å². The molecule has 2 aromatic rings. The van der Waals surface area contributed by atoms with E-state index in [9.17, 15) is 0 Å². The summed E-state index contributed by atoms with van der Waals surface area (Å²) in [6.45, 7) is 0.931. The second-order valence-corrected chi connectivity index (χ2v) is 6.00. The summed E-state index contributed by atoms with van der Waals surface area (Å²) in [7, 11) is 0. The highest BCUT2D eigenvalue weighted by molar-refractivity contribution is 5.40. The lowest BCUT2D eigenvalue weighted by molar-refractivity contribution is 0.389. The minimum Gasteiger partial charge on any atom is -0.310 e. The van der Waals surface area contributed by atoms with Crippen LogP contribution in [0.15, 0.2) is 42.7 Å². The zero-order valence-electron chi connectivity index (χ0n) is 12.7. The Morgan fingerprint density at radius 1 is 1.00 bits per heavy atom. The monoisotopic (exact) mass is 283 g/mol. The molecule has 1 N–H and O–H groups in total. The van der Waals surface area contributed by atoms with E-state index in [1.54, 1.807) is 0 Å². The number of benzene rings is 1. The maximum absolute atomic E-state index is 4.36. The van der Waals surface area contributed by atoms with Crippen molar-refractivity contribution in [1.82, 2.24) is 15.1 Å². The predicted molar refractivity (Wildman–Crippen MR) is 86.5 cm³/mol. The zero-order valence-corrected chi connectivity index (χ0v) is 12.7. The second-order valence-electron chi connectivity index (χ2n) is 6.00. The fraction of sp³-hybridized carbons (Fsp3) is 0.500. The van der Waals surface area contributed by atoms with Crippen LogP contribution in [0.2, 0.25) is 0 Å². The Hall–Kier alpha value is -1.61. The average molecular weight is 283 g/mol. The fourth-order valence-corrected chi connectivity index (χ4v) is 3.21. The summed E-state index contributed by atoms with van der Waals surface area (Å²) >= 11 is 0. The number of aromatic nitrogens is 2. The molecule has 3 rings (SSSR count). The molecule has 0 unspecified atom stereocenters. The van der Waals surface area contributed by atoms with Crippen molar-refractivity contribution in [3.05, 3.63) is 48.3 Å². The van der Waals surface area contributed by atoms with Crippen molar-refractivity contribution >= 4 is 0 Å². The van der Waals surface area contributed by atoms with Crippen molar-refractivity contribution in [2.24, 2.45) is 0 Å². The number of nitrogens with zero attached hydrogens (tertiary/aromatic N) is 2. The number of hydrogen-bond donors (Lipinski definition) is 1. The van der Waals surface area contributed by atoms with Gasteiger partial charge in [-0.2, -0.15) is 5.10 Å². The van der Waals surface area contributed by atoms with Gasteiger partial charge < -0.3 is 5.32 Å². The molecular formula is C18H25N3. The Labute approximate surface area is 127 Å². The summed E-state index contributed by atoms with van der Waals surface area (Å²) < 4.78 is 1.95. The minimum atomic E-state index is 0.677. The molecule has 0 radical (unpaired) electrons. The second kappa shape index (κ2) is 7.41. The zero-order chi connectivity index (χ0) is 14.3. The third-order valence-electron chi connectivity index (χ3n) is 4.43. The molecule has 0 bridgehead atoms. The van der Waals surface area contributed by atoms with Crippen molar-refractivity contribution in [3.63, 3.8) is 0 Å². The number of rotatable bonds is 4. The van der Waals surface area contributed by atoms with Gasteiger partial charge in [0.15, 0.2) is 0 Å². The highest BCUT2D eigenvalue weighted by Gasteiger charge is 2.12. The topological polar surface area (TPSA) is 29.9 Å². The Morgan fingerprint density at radius 2 is 1.76 bits per heavy atom. The Balaban J connectivity index is 1.65. The molecule has 3 heteroatoms. The van der Waals surface area contributed by atoms with Crippen LogP contribution in [0.3, 0.4) is 0 Å². The molecule has 0 amide bonds. The first kappa shape index (κ1) is 14.3. The summed E-state index contributed by atoms with van der Waals surface area (Å²) in [4.78, 5) is 0. The maximum Gasteiger partial charge on any atom is 0.0690 e. The molecule has 1 aromatic carbocycles. The summed E-state index contributed by atoms with van der Waals surface area (Å²) in [5.74, 6) is 0. The van der Waals surface area contributed by atoms with Gasteiger partial charge in [0.05, 0.1) is 5.69 Å². The molecule has 3 nitrogen and oxygen atoms in total. The highest BCUT2D eigenvalue weighted by atomic mass is 15.3. The molecule has 0 aliphatic heterocycles. The van der Waals surface area contributed by atoms with E-state index in [4.69, 9.17) is 0 Å².